The van der Waals surface area contributed by atoms with Gasteiger partial charge in [-0.15, -0.1) is 24.0 Å². The Morgan fingerprint density at radius 1 is 1.24 bits per heavy atom. The molecule has 0 spiro atoms. The van der Waals surface area contributed by atoms with Crippen LogP contribution in [0.15, 0.2) is 35.3 Å². The van der Waals surface area contributed by atoms with E-state index >= 15 is 0 Å². The summed E-state index contributed by atoms with van der Waals surface area (Å²) in [5.74, 6) is 0.706. The lowest BCUT2D eigenvalue weighted by molar-refractivity contribution is 0.338. The molecular formula is C16H27IN4. The largest absolute Gasteiger partial charge is 0.370 e. The van der Waals surface area contributed by atoms with Crippen molar-refractivity contribution in [2.24, 2.45) is 10.7 Å². The summed E-state index contributed by atoms with van der Waals surface area (Å²) in [5.41, 5.74) is 7.31. The lowest BCUT2D eigenvalue weighted by Crippen LogP contribution is -2.42. The molecule has 1 fully saturated rings. The van der Waals surface area contributed by atoms with Gasteiger partial charge in [0.25, 0.3) is 0 Å². The average molecular weight is 402 g/mol. The second kappa shape index (κ2) is 9.12. The molecule has 0 amide bonds. The summed E-state index contributed by atoms with van der Waals surface area (Å²) in [4.78, 5) is 9.02. The molecule has 4 nitrogen and oxygen atoms in total. The molecule has 1 atom stereocenters. The van der Waals surface area contributed by atoms with E-state index in [1.54, 1.807) is 0 Å². The number of guanidine groups is 1. The third-order valence-electron chi connectivity index (χ3n) is 4.02. The summed E-state index contributed by atoms with van der Waals surface area (Å²) in [6.07, 6.45) is 3.78. The summed E-state index contributed by atoms with van der Waals surface area (Å²) < 4.78 is 0. The van der Waals surface area contributed by atoms with Gasteiger partial charge in [0.2, 0.25) is 0 Å². The van der Waals surface area contributed by atoms with Gasteiger partial charge < -0.3 is 15.5 Å². The topological polar surface area (TPSA) is 44.9 Å². The van der Waals surface area contributed by atoms with E-state index in [-0.39, 0.29) is 24.0 Å². The van der Waals surface area contributed by atoms with Crippen molar-refractivity contribution < 1.29 is 0 Å². The Morgan fingerprint density at radius 3 is 2.48 bits per heavy atom. The van der Waals surface area contributed by atoms with Crippen LogP contribution in [0.1, 0.15) is 26.2 Å². The van der Waals surface area contributed by atoms with Gasteiger partial charge in [-0.1, -0.05) is 18.2 Å². The summed E-state index contributed by atoms with van der Waals surface area (Å²) in [7, 11) is 2.10. The minimum atomic E-state index is 0. The first-order valence-corrected chi connectivity index (χ1v) is 7.51. The van der Waals surface area contributed by atoms with E-state index < -0.39 is 0 Å². The minimum Gasteiger partial charge on any atom is -0.370 e. The first-order valence-electron chi connectivity index (χ1n) is 7.51. The van der Waals surface area contributed by atoms with Crippen LogP contribution in [0.2, 0.25) is 0 Å². The molecule has 1 aromatic carbocycles. The van der Waals surface area contributed by atoms with Crippen molar-refractivity contribution in [3.8, 4) is 0 Å². The molecule has 0 radical (unpaired) electrons. The maximum Gasteiger partial charge on any atom is 0.191 e. The number of piperidine rings is 1. The maximum absolute atomic E-state index is 6.09. The van der Waals surface area contributed by atoms with Gasteiger partial charge in [-0.25, -0.2) is 0 Å². The van der Waals surface area contributed by atoms with Gasteiger partial charge in [-0.3, -0.25) is 4.99 Å². The fourth-order valence-corrected chi connectivity index (χ4v) is 2.49. The zero-order valence-electron chi connectivity index (χ0n) is 13.0. The SMILES string of the molecule is CC(CN=C(N)N1CCCCC1)N(C)c1ccccc1.I. The van der Waals surface area contributed by atoms with Gasteiger partial charge >= 0.3 is 0 Å². The number of para-hydroxylation sites is 1. The number of likely N-dealkylation sites (tertiary alicyclic amines) is 1. The highest BCUT2D eigenvalue weighted by atomic mass is 127. The molecule has 1 saturated heterocycles. The fourth-order valence-electron chi connectivity index (χ4n) is 2.49. The van der Waals surface area contributed by atoms with Crippen LogP contribution in [0, 0.1) is 0 Å². The second-order valence-corrected chi connectivity index (χ2v) is 5.54. The molecule has 0 aromatic heterocycles. The lowest BCUT2D eigenvalue weighted by atomic mass is 10.1. The number of anilines is 1. The molecule has 1 heterocycles. The first-order chi connectivity index (χ1) is 9.68. The normalized spacial score (nSPS) is 17.0. The van der Waals surface area contributed by atoms with Crippen molar-refractivity contribution in [1.29, 1.82) is 0 Å². The quantitative estimate of drug-likeness (QED) is 0.479. The highest BCUT2D eigenvalue weighted by molar-refractivity contribution is 14.0. The standard InChI is InChI=1S/C16H26N4.HI/c1-14(19(2)15-9-5-3-6-10-15)13-18-16(17)20-11-7-4-8-12-20;/h3,5-6,9-10,14H,4,7-8,11-13H2,1-2H3,(H2,17,18);1H. The second-order valence-electron chi connectivity index (χ2n) is 5.54. The summed E-state index contributed by atoms with van der Waals surface area (Å²) in [5, 5.41) is 0. The predicted octanol–water partition coefficient (Wildman–Crippen LogP) is 2.93. The molecule has 1 unspecified atom stereocenters. The Morgan fingerprint density at radius 2 is 1.86 bits per heavy atom. The van der Waals surface area contributed by atoms with Crippen LogP contribution >= 0.6 is 24.0 Å². The van der Waals surface area contributed by atoms with E-state index in [0.717, 1.165) is 19.6 Å². The van der Waals surface area contributed by atoms with E-state index in [2.05, 4.69) is 53.0 Å². The monoisotopic (exact) mass is 402 g/mol. The van der Waals surface area contributed by atoms with Crippen molar-refractivity contribution in [3.05, 3.63) is 30.3 Å². The van der Waals surface area contributed by atoms with Gasteiger partial charge in [-0.2, -0.15) is 0 Å². The molecule has 2 rings (SSSR count). The molecule has 1 aromatic rings. The van der Waals surface area contributed by atoms with Gasteiger partial charge in [0.1, 0.15) is 0 Å². The van der Waals surface area contributed by atoms with Crippen LogP contribution in [0.5, 0.6) is 0 Å². The summed E-state index contributed by atoms with van der Waals surface area (Å²) >= 11 is 0. The van der Waals surface area contributed by atoms with Gasteiger partial charge in [0.05, 0.1) is 6.54 Å². The number of likely N-dealkylation sites (N-methyl/N-ethyl adjacent to an activating group) is 1. The van der Waals surface area contributed by atoms with Crippen molar-refractivity contribution in [3.63, 3.8) is 0 Å². The number of aliphatic imine (C=N–C) groups is 1. The van der Waals surface area contributed by atoms with E-state index in [1.165, 1.54) is 24.9 Å². The predicted molar refractivity (Wildman–Crippen MR) is 102 cm³/mol. The highest BCUT2D eigenvalue weighted by Gasteiger charge is 2.13. The molecule has 5 heteroatoms. The number of rotatable bonds is 4. The molecular weight excluding hydrogens is 375 g/mol. The van der Waals surface area contributed by atoms with Crippen molar-refractivity contribution in [2.45, 2.75) is 32.2 Å². The summed E-state index contributed by atoms with van der Waals surface area (Å²) in [6, 6.07) is 10.7. The Kier molecular flexibility index (Phi) is 7.85. The van der Waals surface area contributed by atoms with E-state index in [4.69, 9.17) is 5.73 Å². The molecule has 2 N–H and O–H groups in total. The Hall–Kier alpha value is -0.980. The molecule has 0 bridgehead atoms. The lowest BCUT2D eigenvalue weighted by Gasteiger charge is -2.29. The number of hydrogen-bond acceptors (Lipinski definition) is 2. The van der Waals surface area contributed by atoms with Crippen LogP contribution in [-0.2, 0) is 0 Å². The number of halogens is 1. The van der Waals surface area contributed by atoms with Gasteiger partial charge in [0.15, 0.2) is 5.96 Å². The van der Waals surface area contributed by atoms with Crippen molar-refractivity contribution in [1.82, 2.24) is 4.90 Å². The van der Waals surface area contributed by atoms with Crippen molar-refractivity contribution in [2.75, 3.05) is 31.6 Å². The highest BCUT2D eigenvalue weighted by Crippen LogP contribution is 2.14. The Labute approximate surface area is 145 Å². The third kappa shape index (κ3) is 5.37. The number of hydrogen-bond donors (Lipinski definition) is 1. The number of nitrogens with zero attached hydrogens (tertiary/aromatic N) is 3. The number of benzene rings is 1. The van der Waals surface area contributed by atoms with Gasteiger partial charge in [0, 0.05) is 31.9 Å². The Balaban J connectivity index is 0.00000220. The number of nitrogens with two attached hydrogens (primary N) is 1. The third-order valence-corrected chi connectivity index (χ3v) is 4.02. The molecule has 1 aliphatic rings. The molecule has 0 saturated carbocycles. The average Bonchev–Trinajstić information content (AvgIpc) is 2.53. The zero-order chi connectivity index (χ0) is 14.4. The minimum absolute atomic E-state index is 0. The van der Waals surface area contributed by atoms with Crippen LogP contribution < -0.4 is 10.6 Å². The van der Waals surface area contributed by atoms with E-state index in [9.17, 15) is 0 Å². The molecule has 118 valence electrons. The van der Waals surface area contributed by atoms with Crippen LogP contribution in [0.4, 0.5) is 5.69 Å². The smallest absolute Gasteiger partial charge is 0.191 e. The first kappa shape index (κ1) is 18.1. The Bertz CT molecular complexity index is 429. The molecule has 1 aliphatic heterocycles. The van der Waals surface area contributed by atoms with E-state index in [1.807, 2.05) is 6.07 Å². The molecule has 21 heavy (non-hydrogen) atoms. The van der Waals surface area contributed by atoms with Crippen molar-refractivity contribution >= 4 is 35.6 Å². The van der Waals surface area contributed by atoms with Crippen LogP contribution in [0.3, 0.4) is 0 Å². The van der Waals surface area contributed by atoms with E-state index in [0.29, 0.717) is 12.0 Å². The van der Waals surface area contributed by atoms with Gasteiger partial charge in [-0.05, 0) is 38.3 Å². The van der Waals surface area contributed by atoms with Crippen LogP contribution in [-0.4, -0.2) is 43.6 Å². The maximum atomic E-state index is 6.09. The zero-order valence-corrected chi connectivity index (χ0v) is 15.4. The van der Waals surface area contributed by atoms with Crippen LogP contribution in [0.25, 0.3) is 0 Å². The molecule has 0 aliphatic carbocycles. The fraction of sp³-hybridized carbons (Fsp3) is 0.562. The summed E-state index contributed by atoms with van der Waals surface area (Å²) in [6.45, 7) is 5.02.